The fraction of sp³-hybridized carbons (Fsp3) is 0.241. The van der Waals surface area contributed by atoms with Gasteiger partial charge in [-0.2, -0.15) is 0 Å². The first kappa shape index (κ1) is 24.6. The smallest absolute Gasteiger partial charge is 0.130 e. The third-order valence-corrected chi connectivity index (χ3v) is 6.13. The quantitative estimate of drug-likeness (QED) is 0.448. The summed E-state index contributed by atoms with van der Waals surface area (Å²) in [5.41, 5.74) is 4.13. The van der Waals surface area contributed by atoms with Gasteiger partial charge in [0.1, 0.15) is 29.7 Å². The Balaban J connectivity index is 0.000000172. The lowest BCUT2D eigenvalue weighted by Crippen LogP contribution is -2.47. The predicted molar refractivity (Wildman–Crippen MR) is 134 cm³/mol. The van der Waals surface area contributed by atoms with Crippen LogP contribution in [0.2, 0.25) is 0 Å². The van der Waals surface area contributed by atoms with Crippen molar-refractivity contribution in [3.63, 3.8) is 0 Å². The van der Waals surface area contributed by atoms with E-state index >= 15 is 0 Å². The van der Waals surface area contributed by atoms with Gasteiger partial charge in [0.05, 0.1) is 6.67 Å². The lowest BCUT2D eigenvalue weighted by Gasteiger charge is -2.36. The molecule has 3 aromatic carbocycles. The Morgan fingerprint density at radius 3 is 2.40 bits per heavy atom. The summed E-state index contributed by atoms with van der Waals surface area (Å²) in [6.45, 7) is 4.68. The molecule has 0 saturated carbocycles. The number of nitrogens with zero attached hydrogens (tertiary/aromatic N) is 1. The lowest BCUT2D eigenvalue weighted by atomic mass is 9.93. The molecule has 1 saturated heterocycles. The van der Waals surface area contributed by atoms with Crippen LogP contribution < -0.4 is 4.74 Å². The molecule has 0 aromatic heterocycles. The van der Waals surface area contributed by atoms with Crippen molar-refractivity contribution < 1.29 is 23.0 Å². The van der Waals surface area contributed by atoms with Gasteiger partial charge in [-0.3, -0.25) is 9.29 Å². The maximum Gasteiger partial charge on any atom is 0.130 e. The minimum absolute atomic E-state index is 0.122. The van der Waals surface area contributed by atoms with Crippen molar-refractivity contribution in [1.82, 2.24) is 4.90 Å². The minimum Gasteiger partial charge on any atom is -0.508 e. The first-order valence-corrected chi connectivity index (χ1v) is 11.5. The molecule has 3 aromatic rings. The van der Waals surface area contributed by atoms with Crippen LogP contribution in [0.3, 0.4) is 0 Å². The molecule has 5 rings (SSSR count). The molecule has 2 heterocycles. The molecule has 1 N–H and O–H groups in total. The van der Waals surface area contributed by atoms with E-state index < -0.39 is 11.6 Å². The number of phenols is 1. The maximum absolute atomic E-state index is 13.3. The average Bonchev–Trinajstić information content (AvgIpc) is 2.81. The van der Waals surface area contributed by atoms with Crippen LogP contribution in [-0.4, -0.2) is 42.9 Å². The van der Waals surface area contributed by atoms with E-state index in [0.29, 0.717) is 11.3 Å². The second kappa shape index (κ2) is 11.3. The van der Waals surface area contributed by atoms with Gasteiger partial charge in [0.25, 0.3) is 0 Å². The summed E-state index contributed by atoms with van der Waals surface area (Å²) in [4.78, 5) is 2.25. The summed E-state index contributed by atoms with van der Waals surface area (Å²) in [5.74, 6) is -0.247. The van der Waals surface area contributed by atoms with Gasteiger partial charge in [-0.15, -0.1) is 0 Å². The zero-order chi connectivity index (χ0) is 24.8. The molecule has 0 unspecified atom stereocenters. The molecular formula is C29H28F3NO2. The number of aromatic hydroxyl groups is 1. The first-order valence-electron chi connectivity index (χ1n) is 11.5. The molecule has 0 aliphatic carbocycles. The summed E-state index contributed by atoms with van der Waals surface area (Å²) >= 11 is 0. The predicted octanol–water partition coefficient (Wildman–Crippen LogP) is 6.59. The van der Waals surface area contributed by atoms with E-state index in [1.165, 1.54) is 23.8 Å². The van der Waals surface area contributed by atoms with E-state index in [4.69, 9.17) is 4.74 Å². The fourth-order valence-corrected chi connectivity index (χ4v) is 4.21. The van der Waals surface area contributed by atoms with Crippen LogP contribution >= 0.6 is 0 Å². The zero-order valence-electron chi connectivity index (χ0n) is 19.6. The van der Waals surface area contributed by atoms with Crippen LogP contribution in [0.15, 0.2) is 72.8 Å². The third-order valence-electron chi connectivity index (χ3n) is 6.13. The van der Waals surface area contributed by atoms with Crippen LogP contribution in [0.5, 0.6) is 11.5 Å². The highest BCUT2D eigenvalue weighted by molar-refractivity contribution is 5.93. The van der Waals surface area contributed by atoms with Gasteiger partial charge < -0.3 is 9.84 Å². The molecule has 2 aliphatic rings. The van der Waals surface area contributed by atoms with Gasteiger partial charge in [-0.1, -0.05) is 42.5 Å². The Kier molecular flexibility index (Phi) is 7.93. The van der Waals surface area contributed by atoms with Crippen LogP contribution in [0.4, 0.5) is 13.2 Å². The number of allylic oxidation sites excluding steroid dienone is 1. The number of hydrogen-bond acceptors (Lipinski definition) is 3. The Bertz CT molecular complexity index is 1200. The summed E-state index contributed by atoms with van der Waals surface area (Å²) in [6.07, 6.45) is 4.26. The summed E-state index contributed by atoms with van der Waals surface area (Å²) in [6, 6.07) is 18.5. The second-order valence-electron chi connectivity index (χ2n) is 8.78. The fourth-order valence-electron chi connectivity index (χ4n) is 4.21. The number of likely N-dealkylation sites (tertiary alicyclic amines) is 1. The molecule has 182 valence electrons. The van der Waals surface area contributed by atoms with Gasteiger partial charge in [0, 0.05) is 48.8 Å². The van der Waals surface area contributed by atoms with Crippen molar-refractivity contribution in [2.45, 2.75) is 6.92 Å². The normalized spacial score (nSPS) is 15.8. The second-order valence-corrected chi connectivity index (χ2v) is 8.78. The molecule has 1 fully saturated rings. The highest BCUT2D eigenvalue weighted by Gasteiger charge is 2.24. The van der Waals surface area contributed by atoms with E-state index in [2.05, 4.69) is 29.2 Å². The molecule has 0 bridgehead atoms. The van der Waals surface area contributed by atoms with Crippen molar-refractivity contribution in [2.75, 3.05) is 32.9 Å². The standard InChI is InChI=1S/C16H12F2O2.C13H16FN/c1-9-14-3-2-13(19)7-16(14)20-8-15(9)10-4-11(17)6-12(18)5-10;14-9-13-10-15(11-13)8-4-7-12-5-2-1-3-6-12/h2-7,19H,8H2,1H3;1-7,13H,8-11H2/b;7-4+. The molecular weight excluding hydrogens is 451 g/mol. The van der Waals surface area contributed by atoms with Crippen LogP contribution in [0.1, 0.15) is 23.6 Å². The van der Waals surface area contributed by atoms with E-state index in [-0.39, 0.29) is 24.9 Å². The summed E-state index contributed by atoms with van der Waals surface area (Å²) < 4.78 is 44.4. The average molecular weight is 480 g/mol. The van der Waals surface area contributed by atoms with E-state index in [0.717, 1.165) is 42.4 Å². The number of halogens is 3. The Labute approximate surface area is 203 Å². The molecule has 0 amide bonds. The van der Waals surface area contributed by atoms with Crippen molar-refractivity contribution in [3.05, 3.63) is 101 Å². The van der Waals surface area contributed by atoms with E-state index in [9.17, 15) is 18.3 Å². The van der Waals surface area contributed by atoms with Gasteiger partial charge >= 0.3 is 0 Å². The number of ether oxygens (including phenoxy) is 1. The number of fused-ring (bicyclic) bond motifs is 1. The summed E-state index contributed by atoms with van der Waals surface area (Å²) in [5, 5.41) is 9.43. The number of hydrogen-bond donors (Lipinski definition) is 1. The largest absolute Gasteiger partial charge is 0.508 e. The van der Waals surface area contributed by atoms with Gasteiger partial charge in [-0.05, 0) is 47.9 Å². The zero-order valence-corrected chi connectivity index (χ0v) is 19.6. The topological polar surface area (TPSA) is 32.7 Å². The Morgan fingerprint density at radius 1 is 1.00 bits per heavy atom. The first-order chi connectivity index (χ1) is 16.9. The Morgan fingerprint density at radius 2 is 1.71 bits per heavy atom. The lowest BCUT2D eigenvalue weighted by molar-refractivity contribution is 0.0940. The van der Waals surface area contributed by atoms with Crippen LogP contribution in [-0.2, 0) is 0 Å². The summed E-state index contributed by atoms with van der Waals surface area (Å²) in [7, 11) is 0. The number of alkyl halides is 1. The van der Waals surface area contributed by atoms with Crippen molar-refractivity contribution >= 4 is 17.2 Å². The van der Waals surface area contributed by atoms with Gasteiger partial charge in [-0.25, -0.2) is 8.78 Å². The molecule has 3 nitrogen and oxygen atoms in total. The van der Waals surface area contributed by atoms with Crippen LogP contribution in [0, 0.1) is 17.6 Å². The molecule has 6 heteroatoms. The van der Waals surface area contributed by atoms with Crippen molar-refractivity contribution in [1.29, 1.82) is 0 Å². The van der Waals surface area contributed by atoms with Gasteiger partial charge in [0.15, 0.2) is 0 Å². The van der Waals surface area contributed by atoms with Gasteiger partial charge in [0.2, 0.25) is 0 Å². The van der Waals surface area contributed by atoms with Crippen molar-refractivity contribution in [2.24, 2.45) is 5.92 Å². The monoisotopic (exact) mass is 479 g/mol. The maximum atomic E-state index is 13.3. The molecule has 35 heavy (non-hydrogen) atoms. The molecule has 0 atom stereocenters. The van der Waals surface area contributed by atoms with E-state index in [1.54, 1.807) is 12.1 Å². The third kappa shape index (κ3) is 6.34. The molecule has 0 spiro atoms. The van der Waals surface area contributed by atoms with Crippen molar-refractivity contribution in [3.8, 4) is 11.5 Å². The number of rotatable bonds is 5. The Hall–Kier alpha value is -3.51. The van der Waals surface area contributed by atoms with E-state index in [1.807, 2.05) is 25.1 Å². The molecule has 0 radical (unpaired) electrons. The SMILES string of the molecule is CC1=C(c2cc(F)cc(F)c2)COc2cc(O)ccc21.FCC1CN(C/C=C/c2ccccc2)C1. The van der Waals surface area contributed by atoms with Crippen LogP contribution in [0.25, 0.3) is 17.2 Å². The number of phenolic OH excluding ortho intramolecular Hbond substituents is 1. The highest BCUT2D eigenvalue weighted by Crippen LogP contribution is 2.38. The molecule has 2 aliphatic heterocycles. The minimum atomic E-state index is -0.614. The highest BCUT2D eigenvalue weighted by atomic mass is 19.1. The number of benzene rings is 3.